The number of amides is 1. The number of nitro benzene ring substituents is 1. The minimum absolute atomic E-state index is 0.0812. The lowest BCUT2D eigenvalue weighted by Gasteiger charge is -2.34. The van der Waals surface area contributed by atoms with Crippen molar-refractivity contribution >= 4 is 21.6 Å². The summed E-state index contributed by atoms with van der Waals surface area (Å²) in [6, 6.07) is 10.4. The monoisotopic (exact) mass is 463 g/mol. The van der Waals surface area contributed by atoms with Crippen LogP contribution in [0.1, 0.15) is 12.0 Å². The van der Waals surface area contributed by atoms with Crippen molar-refractivity contribution in [3.8, 4) is 11.5 Å². The number of hydrogen-bond donors (Lipinski definition) is 0. The van der Waals surface area contributed by atoms with Crippen LogP contribution in [-0.2, 0) is 21.2 Å². The Hall–Kier alpha value is -3.18. The third-order valence-corrected chi connectivity index (χ3v) is 7.25. The zero-order valence-corrected chi connectivity index (χ0v) is 18.7. The van der Waals surface area contributed by atoms with Crippen LogP contribution in [0.25, 0.3) is 0 Å². The summed E-state index contributed by atoms with van der Waals surface area (Å²) in [4.78, 5) is 24.5. The largest absolute Gasteiger partial charge is 0.497 e. The standard InChI is InChI=1S/C21H25N3O7S/c1-30-18-7-8-20(31-2)16(14-18)6-9-21(25)22-10-12-23(13-11-22)32(28,29)19-5-3-4-17(15-19)24(26)27/h3-5,7-8,14-15H,6,9-13H2,1-2H3. The fourth-order valence-corrected chi connectivity index (χ4v) is 5.02. The number of non-ortho nitro benzene ring substituents is 1. The molecule has 1 aliphatic rings. The summed E-state index contributed by atoms with van der Waals surface area (Å²) >= 11 is 0. The zero-order chi connectivity index (χ0) is 23.3. The van der Waals surface area contributed by atoms with E-state index in [4.69, 9.17) is 9.47 Å². The summed E-state index contributed by atoms with van der Waals surface area (Å²) in [7, 11) is -0.748. The van der Waals surface area contributed by atoms with Gasteiger partial charge in [-0.1, -0.05) is 6.07 Å². The van der Waals surface area contributed by atoms with Crippen LogP contribution in [0.4, 0.5) is 5.69 Å². The highest BCUT2D eigenvalue weighted by Gasteiger charge is 2.30. The summed E-state index contributed by atoms with van der Waals surface area (Å²) in [5.41, 5.74) is 0.569. The van der Waals surface area contributed by atoms with Crippen molar-refractivity contribution < 1.29 is 27.6 Å². The lowest BCUT2D eigenvalue weighted by molar-refractivity contribution is -0.385. The molecule has 1 amide bonds. The number of nitro groups is 1. The minimum Gasteiger partial charge on any atom is -0.497 e. The highest BCUT2D eigenvalue weighted by molar-refractivity contribution is 7.89. The predicted octanol–water partition coefficient (Wildman–Crippen LogP) is 2.08. The maximum absolute atomic E-state index is 12.9. The van der Waals surface area contributed by atoms with Gasteiger partial charge in [-0.05, 0) is 36.2 Å². The molecule has 0 spiro atoms. The van der Waals surface area contributed by atoms with Crippen LogP contribution < -0.4 is 9.47 Å². The first-order chi connectivity index (χ1) is 15.3. The molecule has 32 heavy (non-hydrogen) atoms. The molecule has 2 aromatic carbocycles. The van der Waals surface area contributed by atoms with E-state index >= 15 is 0 Å². The number of rotatable bonds is 8. The van der Waals surface area contributed by atoms with Gasteiger partial charge in [0.1, 0.15) is 11.5 Å². The van der Waals surface area contributed by atoms with Gasteiger partial charge in [-0.3, -0.25) is 14.9 Å². The van der Waals surface area contributed by atoms with Crippen LogP contribution >= 0.6 is 0 Å². The Balaban J connectivity index is 1.60. The Morgan fingerprint density at radius 3 is 2.41 bits per heavy atom. The molecule has 10 nitrogen and oxygen atoms in total. The molecule has 0 N–H and O–H groups in total. The molecular weight excluding hydrogens is 438 g/mol. The van der Waals surface area contributed by atoms with Crippen LogP contribution in [0.5, 0.6) is 11.5 Å². The van der Waals surface area contributed by atoms with E-state index in [1.54, 1.807) is 31.3 Å². The minimum atomic E-state index is -3.88. The van der Waals surface area contributed by atoms with Crippen LogP contribution in [0.2, 0.25) is 0 Å². The topological polar surface area (TPSA) is 119 Å². The van der Waals surface area contributed by atoms with Gasteiger partial charge in [0.2, 0.25) is 15.9 Å². The van der Waals surface area contributed by atoms with E-state index in [1.807, 2.05) is 6.07 Å². The van der Waals surface area contributed by atoms with Gasteiger partial charge in [-0.2, -0.15) is 4.31 Å². The van der Waals surface area contributed by atoms with Gasteiger partial charge in [0.25, 0.3) is 5.69 Å². The van der Waals surface area contributed by atoms with E-state index in [1.165, 1.54) is 22.5 Å². The number of hydrogen-bond acceptors (Lipinski definition) is 7. The smallest absolute Gasteiger partial charge is 0.270 e. The highest BCUT2D eigenvalue weighted by atomic mass is 32.2. The molecule has 0 bridgehead atoms. The lowest BCUT2D eigenvalue weighted by Crippen LogP contribution is -2.50. The summed E-state index contributed by atoms with van der Waals surface area (Å²) in [6.45, 7) is 0.753. The molecule has 1 saturated heterocycles. The number of piperazine rings is 1. The fraction of sp³-hybridized carbons (Fsp3) is 0.381. The van der Waals surface area contributed by atoms with Crippen molar-refractivity contribution in [1.82, 2.24) is 9.21 Å². The van der Waals surface area contributed by atoms with E-state index in [9.17, 15) is 23.3 Å². The third-order valence-electron chi connectivity index (χ3n) is 5.35. The molecule has 0 saturated carbocycles. The van der Waals surface area contributed by atoms with E-state index in [-0.39, 0.29) is 49.1 Å². The predicted molar refractivity (Wildman–Crippen MR) is 116 cm³/mol. The zero-order valence-electron chi connectivity index (χ0n) is 17.9. The number of methoxy groups -OCH3 is 2. The average Bonchev–Trinajstić information content (AvgIpc) is 2.82. The molecule has 0 radical (unpaired) electrons. The summed E-state index contributed by atoms with van der Waals surface area (Å²) in [5.74, 6) is 1.27. The quantitative estimate of drug-likeness (QED) is 0.434. The molecule has 0 atom stereocenters. The molecule has 2 aromatic rings. The van der Waals surface area contributed by atoms with Gasteiger partial charge >= 0.3 is 0 Å². The van der Waals surface area contributed by atoms with Gasteiger partial charge in [-0.15, -0.1) is 0 Å². The summed E-state index contributed by atoms with van der Waals surface area (Å²) in [5, 5.41) is 11.0. The van der Waals surface area contributed by atoms with Crippen LogP contribution in [0.15, 0.2) is 47.4 Å². The lowest BCUT2D eigenvalue weighted by atomic mass is 10.1. The number of ether oxygens (including phenoxy) is 2. The molecular formula is C21H25N3O7S. The van der Waals surface area contributed by atoms with Crippen LogP contribution in [0, 0.1) is 10.1 Å². The molecule has 0 unspecified atom stereocenters. The number of carbonyl (C=O) groups excluding carboxylic acids is 1. The van der Waals surface area contributed by atoms with Gasteiger partial charge < -0.3 is 14.4 Å². The second-order valence-electron chi connectivity index (χ2n) is 7.22. The normalized spacial score (nSPS) is 14.8. The number of carbonyl (C=O) groups is 1. The molecule has 0 aliphatic carbocycles. The van der Waals surface area contributed by atoms with Crippen molar-refractivity contribution in [2.45, 2.75) is 17.7 Å². The average molecular weight is 464 g/mol. The second-order valence-corrected chi connectivity index (χ2v) is 9.16. The first kappa shape index (κ1) is 23.5. The molecule has 1 fully saturated rings. The number of nitrogens with zero attached hydrogens (tertiary/aromatic N) is 3. The summed E-state index contributed by atoms with van der Waals surface area (Å²) < 4.78 is 37.5. The first-order valence-electron chi connectivity index (χ1n) is 9.99. The van der Waals surface area contributed by atoms with E-state index < -0.39 is 14.9 Å². The number of sulfonamides is 1. The van der Waals surface area contributed by atoms with E-state index in [2.05, 4.69) is 0 Å². The van der Waals surface area contributed by atoms with Crippen molar-refractivity contribution in [2.75, 3.05) is 40.4 Å². The molecule has 1 aliphatic heterocycles. The SMILES string of the molecule is COc1ccc(OC)c(CCC(=O)N2CCN(S(=O)(=O)c3cccc([N+](=O)[O-])c3)CC2)c1. The molecule has 3 rings (SSSR count). The van der Waals surface area contributed by atoms with Crippen LogP contribution in [0.3, 0.4) is 0 Å². The van der Waals surface area contributed by atoms with Gasteiger partial charge in [-0.25, -0.2) is 8.42 Å². The van der Waals surface area contributed by atoms with Crippen molar-refractivity contribution in [3.05, 3.63) is 58.1 Å². The maximum Gasteiger partial charge on any atom is 0.270 e. The fourth-order valence-electron chi connectivity index (χ4n) is 3.56. The third kappa shape index (κ3) is 5.17. The molecule has 11 heteroatoms. The van der Waals surface area contributed by atoms with Crippen molar-refractivity contribution in [3.63, 3.8) is 0 Å². The Labute approximate surface area is 186 Å². The molecule has 1 heterocycles. The Bertz CT molecular complexity index is 1100. The van der Waals surface area contributed by atoms with Gasteiger partial charge in [0.05, 0.1) is 24.0 Å². The highest BCUT2D eigenvalue weighted by Crippen LogP contribution is 2.26. The van der Waals surface area contributed by atoms with E-state index in [0.29, 0.717) is 17.9 Å². The Kier molecular flexibility index (Phi) is 7.31. The Morgan fingerprint density at radius 2 is 1.78 bits per heavy atom. The van der Waals surface area contributed by atoms with Crippen molar-refractivity contribution in [2.24, 2.45) is 0 Å². The summed E-state index contributed by atoms with van der Waals surface area (Å²) in [6.07, 6.45) is 0.715. The maximum atomic E-state index is 12.9. The van der Waals surface area contributed by atoms with Crippen LogP contribution in [-0.4, -0.2) is 68.9 Å². The van der Waals surface area contributed by atoms with Gasteiger partial charge in [0.15, 0.2) is 0 Å². The molecule has 0 aromatic heterocycles. The van der Waals surface area contributed by atoms with E-state index in [0.717, 1.165) is 11.6 Å². The van der Waals surface area contributed by atoms with Gasteiger partial charge in [0, 0.05) is 44.7 Å². The first-order valence-corrected chi connectivity index (χ1v) is 11.4. The number of aryl methyl sites for hydroxylation is 1. The Morgan fingerprint density at radius 1 is 1.06 bits per heavy atom. The number of benzene rings is 2. The molecule has 172 valence electrons. The van der Waals surface area contributed by atoms with Crippen molar-refractivity contribution in [1.29, 1.82) is 0 Å². The second kappa shape index (κ2) is 9.96.